The number of hydrogen-bond acceptors (Lipinski definition) is 3. The number of hydrogen-bond donors (Lipinski definition) is 1. The molecule has 1 N–H and O–H groups in total. The van der Waals surface area contributed by atoms with Gasteiger partial charge >= 0.3 is 6.18 Å². The molecule has 10 heteroatoms. The molecule has 0 aromatic heterocycles. The average molecular weight is 477 g/mol. The Bertz CT molecular complexity index is 999. The SMILES string of the molecule is CCC(CNC(=O)CN(c1ccc(Cl)c(C(F)(F)F)c1)S(C)(=O)=O)Cc1ccccc1. The van der Waals surface area contributed by atoms with Crippen LogP contribution in [0.1, 0.15) is 24.5 Å². The van der Waals surface area contributed by atoms with Crippen molar-refractivity contribution in [2.45, 2.75) is 25.9 Å². The summed E-state index contributed by atoms with van der Waals surface area (Å²) in [7, 11) is -4.02. The molecule has 0 fully saturated rings. The van der Waals surface area contributed by atoms with Crippen LogP contribution in [0.4, 0.5) is 18.9 Å². The first-order valence-electron chi connectivity index (χ1n) is 9.57. The Kier molecular flexibility index (Phi) is 8.36. The number of alkyl halides is 3. The number of rotatable bonds is 9. The van der Waals surface area contributed by atoms with Gasteiger partial charge in [0.25, 0.3) is 0 Å². The number of carbonyl (C=O) groups is 1. The normalized spacial score (nSPS) is 13.0. The maximum atomic E-state index is 13.1. The monoisotopic (exact) mass is 476 g/mol. The van der Waals surface area contributed by atoms with Gasteiger partial charge < -0.3 is 5.32 Å². The van der Waals surface area contributed by atoms with Gasteiger partial charge in [-0.3, -0.25) is 9.10 Å². The van der Waals surface area contributed by atoms with E-state index in [4.69, 9.17) is 11.6 Å². The Morgan fingerprint density at radius 1 is 1.16 bits per heavy atom. The van der Waals surface area contributed by atoms with Crippen LogP contribution in [0.25, 0.3) is 0 Å². The van der Waals surface area contributed by atoms with Crippen molar-refractivity contribution in [1.29, 1.82) is 0 Å². The lowest BCUT2D eigenvalue weighted by atomic mass is 9.97. The van der Waals surface area contributed by atoms with Crippen molar-refractivity contribution < 1.29 is 26.4 Å². The quantitative estimate of drug-likeness (QED) is 0.579. The number of benzene rings is 2. The molecule has 1 unspecified atom stereocenters. The molecule has 0 radical (unpaired) electrons. The van der Waals surface area contributed by atoms with Gasteiger partial charge in [0.1, 0.15) is 6.54 Å². The summed E-state index contributed by atoms with van der Waals surface area (Å²) in [6, 6.07) is 12.4. The van der Waals surface area contributed by atoms with E-state index in [1.54, 1.807) is 0 Å². The average Bonchev–Trinajstić information content (AvgIpc) is 2.69. The summed E-state index contributed by atoms with van der Waals surface area (Å²) < 4.78 is 64.4. The minimum Gasteiger partial charge on any atom is -0.354 e. The molecule has 0 aliphatic rings. The minimum absolute atomic E-state index is 0.130. The van der Waals surface area contributed by atoms with Crippen LogP contribution in [0.3, 0.4) is 0 Å². The fraction of sp³-hybridized carbons (Fsp3) is 0.381. The number of nitrogens with zero attached hydrogens (tertiary/aromatic N) is 1. The zero-order valence-corrected chi connectivity index (χ0v) is 18.7. The molecule has 0 aliphatic carbocycles. The number of nitrogens with one attached hydrogen (secondary N) is 1. The number of anilines is 1. The molecule has 1 atom stereocenters. The van der Waals surface area contributed by atoms with Crippen molar-refractivity contribution in [1.82, 2.24) is 5.32 Å². The third kappa shape index (κ3) is 7.43. The van der Waals surface area contributed by atoms with E-state index in [9.17, 15) is 26.4 Å². The van der Waals surface area contributed by atoms with Gasteiger partial charge in [-0.15, -0.1) is 0 Å². The van der Waals surface area contributed by atoms with Crippen molar-refractivity contribution in [2.75, 3.05) is 23.7 Å². The predicted molar refractivity (Wildman–Crippen MR) is 116 cm³/mol. The zero-order valence-electron chi connectivity index (χ0n) is 17.1. The van der Waals surface area contributed by atoms with E-state index >= 15 is 0 Å². The molecule has 2 aromatic carbocycles. The van der Waals surface area contributed by atoms with Gasteiger partial charge in [-0.05, 0) is 36.1 Å². The van der Waals surface area contributed by atoms with Crippen LogP contribution in [-0.4, -0.2) is 33.7 Å². The van der Waals surface area contributed by atoms with E-state index in [-0.39, 0.29) is 11.6 Å². The largest absolute Gasteiger partial charge is 0.417 e. The molecule has 2 aromatic rings. The van der Waals surface area contributed by atoms with Gasteiger partial charge in [0, 0.05) is 6.54 Å². The summed E-state index contributed by atoms with van der Waals surface area (Å²) in [4.78, 5) is 12.4. The van der Waals surface area contributed by atoms with Crippen LogP contribution in [0.15, 0.2) is 48.5 Å². The van der Waals surface area contributed by atoms with Crippen LogP contribution >= 0.6 is 11.6 Å². The third-order valence-corrected chi connectivity index (χ3v) is 6.23. The maximum absolute atomic E-state index is 13.1. The molecule has 5 nitrogen and oxygen atoms in total. The van der Waals surface area contributed by atoms with Crippen molar-refractivity contribution in [3.05, 3.63) is 64.7 Å². The van der Waals surface area contributed by atoms with Crippen molar-refractivity contribution >= 4 is 33.2 Å². The molecule has 0 saturated heterocycles. The second-order valence-electron chi connectivity index (χ2n) is 7.20. The summed E-state index contributed by atoms with van der Waals surface area (Å²) in [6.45, 7) is 1.66. The number of halogens is 4. The van der Waals surface area contributed by atoms with Gasteiger partial charge in [0.15, 0.2) is 0 Å². The van der Waals surface area contributed by atoms with Gasteiger partial charge in [0.2, 0.25) is 15.9 Å². The van der Waals surface area contributed by atoms with Crippen LogP contribution < -0.4 is 9.62 Å². The zero-order chi connectivity index (χ0) is 23.2. The molecule has 2 rings (SSSR count). The van der Waals surface area contributed by atoms with Crippen molar-refractivity contribution in [2.24, 2.45) is 5.92 Å². The lowest BCUT2D eigenvalue weighted by Crippen LogP contribution is -2.42. The Labute approximate surface area is 185 Å². The van der Waals surface area contributed by atoms with E-state index < -0.39 is 39.2 Å². The molecule has 170 valence electrons. The first kappa shape index (κ1) is 25.0. The lowest BCUT2D eigenvalue weighted by Gasteiger charge is -2.24. The number of carbonyl (C=O) groups excluding carboxylic acids is 1. The van der Waals surface area contributed by atoms with E-state index in [0.29, 0.717) is 16.9 Å². The van der Waals surface area contributed by atoms with E-state index in [2.05, 4.69) is 5.32 Å². The first-order chi connectivity index (χ1) is 14.4. The smallest absolute Gasteiger partial charge is 0.354 e. The summed E-state index contributed by atoms with van der Waals surface area (Å²) >= 11 is 5.61. The van der Waals surface area contributed by atoms with Crippen molar-refractivity contribution in [3.8, 4) is 0 Å². The molecule has 31 heavy (non-hydrogen) atoms. The second-order valence-corrected chi connectivity index (χ2v) is 9.51. The fourth-order valence-electron chi connectivity index (χ4n) is 3.04. The highest BCUT2D eigenvalue weighted by molar-refractivity contribution is 7.92. The molecule has 0 aliphatic heterocycles. The Morgan fingerprint density at radius 2 is 1.81 bits per heavy atom. The van der Waals surface area contributed by atoms with E-state index in [0.717, 1.165) is 36.8 Å². The molecule has 0 heterocycles. The lowest BCUT2D eigenvalue weighted by molar-refractivity contribution is -0.137. The van der Waals surface area contributed by atoms with E-state index in [1.165, 1.54) is 0 Å². The Balaban J connectivity index is 2.12. The first-order valence-corrected chi connectivity index (χ1v) is 11.8. The highest BCUT2D eigenvalue weighted by atomic mass is 35.5. The van der Waals surface area contributed by atoms with Crippen LogP contribution in [0, 0.1) is 5.92 Å². The molecular weight excluding hydrogens is 453 g/mol. The molecule has 0 spiro atoms. The standard InChI is InChI=1S/C21H24ClF3N2O3S/c1-3-15(11-16-7-5-4-6-8-16)13-26-20(28)14-27(31(2,29)30)17-9-10-19(22)18(12-17)21(23,24)25/h4-10,12,15H,3,11,13-14H2,1-2H3,(H,26,28). The van der Waals surface area contributed by atoms with Gasteiger partial charge in [-0.2, -0.15) is 13.2 Å². The molecule has 0 saturated carbocycles. The van der Waals surface area contributed by atoms with Crippen LogP contribution in [0.2, 0.25) is 5.02 Å². The minimum atomic E-state index is -4.76. The second kappa shape index (κ2) is 10.4. The fourth-order valence-corrected chi connectivity index (χ4v) is 4.11. The van der Waals surface area contributed by atoms with E-state index in [1.807, 2.05) is 37.3 Å². The summed E-state index contributed by atoms with van der Waals surface area (Å²) in [5.74, 6) is -0.481. The molecule has 0 bridgehead atoms. The van der Waals surface area contributed by atoms with Crippen LogP contribution in [-0.2, 0) is 27.4 Å². The number of amides is 1. The van der Waals surface area contributed by atoms with Gasteiger partial charge in [-0.25, -0.2) is 8.42 Å². The number of sulfonamides is 1. The van der Waals surface area contributed by atoms with Gasteiger partial charge in [-0.1, -0.05) is 55.3 Å². The summed E-state index contributed by atoms with van der Waals surface area (Å²) in [5.41, 5.74) is -0.345. The predicted octanol–water partition coefficient (Wildman–Crippen LogP) is 4.51. The third-order valence-electron chi connectivity index (χ3n) is 4.76. The highest BCUT2D eigenvalue weighted by Gasteiger charge is 2.34. The highest BCUT2D eigenvalue weighted by Crippen LogP contribution is 2.37. The topological polar surface area (TPSA) is 66.5 Å². The molecular formula is C21H24ClF3N2O3S. The van der Waals surface area contributed by atoms with Crippen LogP contribution in [0.5, 0.6) is 0 Å². The maximum Gasteiger partial charge on any atom is 0.417 e. The Morgan fingerprint density at radius 3 is 2.35 bits per heavy atom. The summed E-state index contributed by atoms with van der Waals surface area (Å²) in [5, 5.41) is 2.13. The van der Waals surface area contributed by atoms with Gasteiger partial charge in [0.05, 0.1) is 22.5 Å². The Hall–Kier alpha value is -2.26. The summed E-state index contributed by atoms with van der Waals surface area (Å²) in [6.07, 6.45) is -2.41. The van der Waals surface area contributed by atoms with Crippen molar-refractivity contribution in [3.63, 3.8) is 0 Å². The molecule has 1 amide bonds.